The van der Waals surface area contributed by atoms with Crippen LogP contribution in [0.4, 0.5) is 0 Å². The lowest BCUT2D eigenvalue weighted by molar-refractivity contribution is -0.768. The van der Waals surface area contributed by atoms with E-state index in [1.54, 1.807) is 0 Å². The number of nitrogens with one attached hydrogen (secondary N) is 1. The van der Waals surface area contributed by atoms with Crippen LogP contribution in [0.5, 0.6) is 0 Å². The largest absolute Gasteiger partial charge is 0.457 e. The number of aromatic nitrogens is 6. The summed E-state index contributed by atoms with van der Waals surface area (Å²) in [7, 11) is 0. The first kappa shape index (κ1) is 29.6. The summed E-state index contributed by atoms with van der Waals surface area (Å²) in [5.74, 6) is 0.681. The van der Waals surface area contributed by atoms with Gasteiger partial charge in [-0.25, -0.2) is 9.78 Å². The molecule has 2 aromatic heterocycles. The number of rotatable bonds is 15. The average molecular weight is 584 g/mol. The third kappa shape index (κ3) is 8.08. The van der Waals surface area contributed by atoms with Gasteiger partial charge in [0, 0.05) is 18.5 Å². The maximum atomic E-state index is 12.3. The van der Waals surface area contributed by atoms with Gasteiger partial charge in [0.15, 0.2) is 5.15 Å². The van der Waals surface area contributed by atoms with Crippen molar-refractivity contribution in [3.8, 4) is 22.5 Å². The number of esters is 1. The molecule has 2 aromatic carbocycles. The van der Waals surface area contributed by atoms with Gasteiger partial charge in [0.25, 0.3) is 5.09 Å². The number of nitrogens with zero attached hydrogens (tertiary/aromatic N) is 6. The average Bonchev–Trinajstić information content (AvgIpc) is 3.59. The number of carbonyl (C=O) groups is 1. The number of aryl methyl sites for hydroxylation is 1. The number of hydrogen-bond donors (Lipinski definition) is 1. The molecule has 14 heteroatoms. The van der Waals surface area contributed by atoms with Crippen LogP contribution in [0.1, 0.15) is 43.8 Å². The van der Waals surface area contributed by atoms with Gasteiger partial charge < -0.3 is 18.9 Å². The Balaban J connectivity index is 1.46. The van der Waals surface area contributed by atoms with E-state index < -0.39 is 17.2 Å². The Morgan fingerprint density at radius 3 is 2.61 bits per heavy atom. The van der Waals surface area contributed by atoms with Gasteiger partial charge in [-0.1, -0.05) is 73.5 Å². The Labute approximate surface area is 240 Å². The molecule has 0 aliphatic carbocycles. The summed E-state index contributed by atoms with van der Waals surface area (Å²) in [6, 6.07) is 15.9. The Hall–Kier alpha value is -4.36. The number of ether oxygens (including phenoxy) is 2. The molecular formula is C27H30ClN7O6. The number of H-pyrrole nitrogens is 1. The van der Waals surface area contributed by atoms with Gasteiger partial charge >= 0.3 is 5.97 Å². The second-order valence-electron chi connectivity index (χ2n) is 9.25. The normalized spacial score (nSPS) is 11.8. The minimum Gasteiger partial charge on any atom is -0.457 e. The highest BCUT2D eigenvalue weighted by Gasteiger charge is 2.19. The molecule has 0 saturated heterocycles. The van der Waals surface area contributed by atoms with Crippen LogP contribution in [0.3, 0.4) is 0 Å². The molecule has 4 rings (SSSR count). The maximum absolute atomic E-state index is 12.3. The van der Waals surface area contributed by atoms with Crippen molar-refractivity contribution in [1.29, 1.82) is 0 Å². The lowest BCUT2D eigenvalue weighted by Gasteiger charge is -2.14. The van der Waals surface area contributed by atoms with Gasteiger partial charge in [-0.3, -0.25) is 0 Å². The first-order valence-electron chi connectivity index (χ1n) is 13.1. The van der Waals surface area contributed by atoms with E-state index in [-0.39, 0.29) is 25.0 Å². The highest BCUT2D eigenvalue weighted by Crippen LogP contribution is 2.30. The van der Waals surface area contributed by atoms with Crippen LogP contribution in [0, 0.1) is 10.1 Å². The van der Waals surface area contributed by atoms with Crippen molar-refractivity contribution < 1.29 is 24.2 Å². The van der Waals surface area contributed by atoms with E-state index >= 15 is 0 Å². The van der Waals surface area contributed by atoms with Crippen LogP contribution in [0.25, 0.3) is 22.5 Å². The molecule has 1 atom stereocenters. The summed E-state index contributed by atoms with van der Waals surface area (Å²) in [4.78, 5) is 31.5. The Bertz CT molecular complexity index is 1440. The highest BCUT2D eigenvalue weighted by molar-refractivity contribution is 6.30. The van der Waals surface area contributed by atoms with Crippen molar-refractivity contribution in [2.45, 2.75) is 52.4 Å². The smallest absolute Gasteiger partial charge is 0.332 e. The Morgan fingerprint density at radius 1 is 1.17 bits per heavy atom. The minimum atomic E-state index is -0.908. The molecule has 0 bridgehead atoms. The third-order valence-electron chi connectivity index (χ3n) is 6.18. The van der Waals surface area contributed by atoms with Crippen molar-refractivity contribution in [3.63, 3.8) is 0 Å². The second kappa shape index (κ2) is 14.3. The first-order chi connectivity index (χ1) is 19.9. The van der Waals surface area contributed by atoms with E-state index in [0.717, 1.165) is 47.3 Å². The van der Waals surface area contributed by atoms with Crippen LogP contribution < -0.4 is 0 Å². The van der Waals surface area contributed by atoms with E-state index in [9.17, 15) is 14.9 Å². The van der Waals surface area contributed by atoms with Gasteiger partial charge in [-0.2, -0.15) is 5.21 Å². The van der Waals surface area contributed by atoms with Gasteiger partial charge in [0.1, 0.15) is 25.1 Å². The van der Waals surface area contributed by atoms with Gasteiger partial charge in [-0.15, -0.1) is 20.3 Å². The zero-order chi connectivity index (χ0) is 29.2. The summed E-state index contributed by atoms with van der Waals surface area (Å²) in [5, 5.41) is 24.1. The number of hydrogen-bond acceptors (Lipinski definition) is 10. The molecule has 0 fully saturated rings. The molecular weight excluding hydrogens is 554 g/mol. The van der Waals surface area contributed by atoms with Crippen LogP contribution in [0.15, 0.2) is 48.5 Å². The molecule has 4 aromatic rings. The predicted octanol–water partition coefficient (Wildman–Crippen LogP) is 4.43. The van der Waals surface area contributed by atoms with Gasteiger partial charge in [0.2, 0.25) is 5.82 Å². The number of unbranched alkanes of at least 4 members (excludes halogenated alkanes) is 1. The monoisotopic (exact) mass is 583 g/mol. The van der Waals surface area contributed by atoms with Crippen LogP contribution in [0.2, 0.25) is 5.15 Å². The zero-order valence-electron chi connectivity index (χ0n) is 22.7. The molecule has 0 amide bonds. The minimum absolute atomic E-state index is 0.0999. The van der Waals surface area contributed by atoms with Crippen molar-refractivity contribution in [2.75, 3.05) is 13.2 Å². The van der Waals surface area contributed by atoms with E-state index in [1.807, 2.05) is 53.1 Å². The second-order valence-corrected chi connectivity index (χ2v) is 9.61. The summed E-state index contributed by atoms with van der Waals surface area (Å²) >= 11 is 6.49. The predicted molar refractivity (Wildman–Crippen MR) is 148 cm³/mol. The molecule has 0 spiro atoms. The van der Waals surface area contributed by atoms with E-state index in [4.69, 9.17) is 21.1 Å². The molecule has 1 N–H and O–H groups in total. The highest BCUT2D eigenvalue weighted by atomic mass is 35.5. The summed E-state index contributed by atoms with van der Waals surface area (Å²) < 4.78 is 12.5. The number of tetrazole rings is 1. The quantitative estimate of drug-likeness (QED) is 0.120. The zero-order valence-corrected chi connectivity index (χ0v) is 23.4. The standard InChI is InChI=1S/C27H30ClN7O6/c1-3-4-9-24-29-26(28)23(16-40-25(36)17-39-15-18(2)41-35(37)38)34(24)14-19-10-12-20(13-11-19)21-7-5-6-8-22(21)27-30-32-33-31-27/h5-8,10-13,18H,3-4,9,14-17H2,1-2H3,(H,30,31,32,33)/t18-/m1/s1. The summed E-state index contributed by atoms with van der Waals surface area (Å²) in [5.41, 5.74) is 4.42. The topological polar surface area (TPSA) is 160 Å². The lowest BCUT2D eigenvalue weighted by atomic mass is 9.98. The molecule has 0 aliphatic heterocycles. The number of carbonyl (C=O) groups excluding carboxylic acids is 1. The van der Waals surface area contributed by atoms with Gasteiger partial charge in [-0.05, 0) is 35.2 Å². The van der Waals surface area contributed by atoms with Crippen LogP contribution in [-0.4, -0.2) is 60.5 Å². The SMILES string of the molecule is CCCCc1nc(Cl)c(COC(=O)COC[C@@H](C)O[N+](=O)[O-])n1Cc1ccc(-c2ccccc2-c2nn[nH]n2)cc1. The fourth-order valence-corrected chi connectivity index (χ4v) is 4.46. The molecule has 13 nitrogen and oxygen atoms in total. The van der Waals surface area contributed by atoms with E-state index in [2.05, 4.69) is 37.4 Å². The van der Waals surface area contributed by atoms with E-state index in [0.29, 0.717) is 18.1 Å². The lowest BCUT2D eigenvalue weighted by Crippen LogP contribution is -2.22. The fourth-order valence-electron chi connectivity index (χ4n) is 4.21. The molecule has 0 saturated carbocycles. The first-order valence-corrected chi connectivity index (χ1v) is 13.4. The molecule has 41 heavy (non-hydrogen) atoms. The third-order valence-corrected chi connectivity index (χ3v) is 6.49. The van der Waals surface area contributed by atoms with Gasteiger partial charge in [0.05, 0.1) is 12.3 Å². The Morgan fingerprint density at radius 2 is 1.93 bits per heavy atom. The van der Waals surface area contributed by atoms with E-state index in [1.165, 1.54) is 6.92 Å². The summed E-state index contributed by atoms with van der Waals surface area (Å²) in [6.45, 7) is 3.42. The number of imidazole rings is 1. The molecule has 216 valence electrons. The molecule has 0 aliphatic rings. The van der Waals surface area contributed by atoms with Crippen molar-refractivity contribution >= 4 is 17.6 Å². The van der Waals surface area contributed by atoms with Crippen molar-refractivity contribution in [1.82, 2.24) is 30.2 Å². The molecule has 2 heterocycles. The van der Waals surface area contributed by atoms with Crippen molar-refractivity contribution in [2.24, 2.45) is 0 Å². The van der Waals surface area contributed by atoms with Crippen molar-refractivity contribution in [3.05, 3.63) is 80.9 Å². The summed E-state index contributed by atoms with van der Waals surface area (Å²) in [6.07, 6.45) is 1.82. The van der Waals surface area contributed by atoms with Crippen LogP contribution >= 0.6 is 11.6 Å². The molecule has 0 unspecified atom stereocenters. The fraction of sp³-hybridized carbons (Fsp3) is 0.370. The molecule has 0 radical (unpaired) electrons. The maximum Gasteiger partial charge on any atom is 0.332 e. The number of aromatic amines is 1. The Kier molecular flexibility index (Phi) is 10.3. The van der Waals surface area contributed by atoms with Crippen LogP contribution in [-0.2, 0) is 38.7 Å². The number of benzene rings is 2. The number of halogens is 1.